The molecule has 1 aromatic heterocycles. The van der Waals surface area contributed by atoms with E-state index in [9.17, 15) is 18.0 Å². The Morgan fingerprint density at radius 3 is 2.68 bits per heavy atom. The van der Waals surface area contributed by atoms with Gasteiger partial charge in [0.2, 0.25) is 10.0 Å². The van der Waals surface area contributed by atoms with E-state index in [0.717, 1.165) is 18.4 Å². The van der Waals surface area contributed by atoms with Crippen LogP contribution in [0.15, 0.2) is 47.3 Å². The highest BCUT2D eigenvalue weighted by molar-refractivity contribution is 7.89. The van der Waals surface area contributed by atoms with Crippen molar-refractivity contribution in [2.75, 3.05) is 18.8 Å². The van der Waals surface area contributed by atoms with E-state index in [0.29, 0.717) is 34.9 Å². The molecule has 0 radical (unpaired) electrons. The van der Waals surface area contributed by atoms with Gasteiger partial charge in [-0.25, -0.2) is 13.6 Å². The standard InChI is InChI=1S/C20H21N3O4S/c21-28(26,27)12-13-4-3-9-23(11-13)20(25)14-7-8-18-16(10-14)19(24)15-5-1-2-6-17(15)22-18/h1-2,5-8,10,13H,3-4,9,11-12H2,(H,22,24)(H2,21,26,27). The van der Waals surface area contributed by atoms with Crippen molar-refractivity contribution in [2.24, 2.45) is 11.1 Å². The Morgan fingerprint density at radius 2 is 1.89 bits per heavy atom. The zero-order valence-corrected chi connectivity index (χ0v) is 16.0. The molecule has 146 valence electrons. The molecule has 0 aliphatic carbocycles. The third-order valence-corrected chi connectivity index (χ3v) is 6.16. The van der Waals surface area contributed by atoms with Crippen LogP contribution in [0.2, 0.25) is 0 Å². The van der Waals surface area contributed by atoms with Crippen LogP contribution in [-0.4, -0.2) is 43.1 Å². The normalized spacial score (nSPS) is 17.9. The van der Waals surface area contributed by atoms with E-state index in [1.54, 1.807) is 35.2 Å². The van der Waals surface area contributed by atoms with E-state index in [1.165, 1.54) is 0 Å². The van der Waals surface area contributed by atoms with Crippen molar-refractivity contribution >= 4 is 37.7 Å². The van der Waals surface area contributed by atoms with Gasteiger partial charge < -0.3 is 9.88 Å². The largest absolute Gasteiger partial charge is 0.354 e. The molecule has 1 atom stereocenters. The van der Waals surface area contributed by atoms with E-state index in [-0.39, 0.29) is 23.0 Å². The molecule has 0 bridgehead atoms. The maximum Gasteiger partial charge on any atom is 0.253 e. The number of fused-ring (bicyclic) bond motifs is 2. The first-order chi connectivity index (χ1) is 13.3. The van der Waals surface area contributed by atoms with Crippen molar-refractivity contribution in [3.8, 4) is 0 Å². The Balaban J connectivity index is 1.67. The Kier molecular flexibility index (Phi) is 4.68. The summed E-state index contributed by atoms with van der Waals surface area (Å²) < 4.78 is 22.7. The van der Waals surface area contributed by atoms with Gasteiger partial charge in [-0.3, -0.25) is 9.59 Å². The van der Waals surface area contributed by atoms with Crippen LogP contribution >= 0.6 is 0 Å². The topological polar surface area (TPSA) is 113 Å². The van der Waals surface area contributed by atoms with Gasteiger partial charge in [0.15, 0.2) is 5.43 Å². The van der Waals surface area contributed by atoms with Gasteiger partial charge in [-0.1, -0.05) is 12.1 Å². The summed E-state index contributed by atoms with van der Waals surface area (Å²) in [5.74, 6) is -0.491. The van der Waals surface area contributed by atoms with Gasteiger partial charge in [-0.15, -0.1) is 0 Å². The number of piperidine rings is 1. The van der Waals surface area contributed by atoms with E-state index in [4.69, 9.17) is 5.14 Å². The molecule has 0 saturated carbocycles. The van der Waals surface area contributed by atoms with E-state index >= 15 is 0 Å². The maximum atomic E-state index is 13.0. The van der Waals surface area contributed by atoms with Crippen LogP contribution in [-0.2, 0) is 10.0 Å². The van der Waals surface area contributed by atoms with Crippen molar-refractivity contribution in [1.82, 2.24) is 9.88 Å². The minimum absolute atomic E-state index is 0.121. The Hall–Kier alpha value is -2.71. The van der Waals surface area contributed by atoms with E-state index < -0.39 is 10.0 Å². The number of aromatic amines is 1. The van der Waals surface area contributed by atoms with Crippen molar-refractivity contribution in [3.63, 3.8) is 0 Å². The lowest BCUT2D eigenvalue weighted by molar-refractivity contribution is 0.0684. The van der Waals surface area contributed by atoms with Crippen molar-refractivity contribution in [3.05, 3.63) is 58.3 Å². The molecule has 3 aromatic rings. The van der Waals surface area contributed by atoms with Gasteiger partial charge in [-0.05, 0) is 49.1 Å². The summed E-state index contributed by atoms with van der Waals surface area (Å²) in [7, 11) is -3.58. The number of pyridine rings is 1. The first-order valence-electron chi connectivity index (χ1n) is 9.16. The van der Waals surface area contributed by atoms with Crippen LogP contribution in [0, 0.1) is 5.92 Å². The Bertz CT molecular complexity index is 1230. The highest BCUT2D eigenvalue weighted by Crippen LogP contribution is 2.21. The number of hydrogen-bond donors (Lipinski definition) is 2. The molecule has 28 heavy (non-hydrogen) atoms. The lowest BCUT2D eigenvalue weighted by Crippen LogP contribution is -2.42. The second kappa shape index (κ2) is 7.03. The molecule has 4 rings (SSSR count). The zero-order chi connectivity index (χ0) is 19.9. The predicted octanol–water partition coefficient (Wildman–Crippen LogP) is 1.82. The number of nitrogens with zero attached hydrogens (tertiary/aromatic N) is 1. The molecule has 1 unspecified atom stereocenters. The fourth-order valence-electron chi connectivity index (χ4n) is 3.95. The highest BCUT2D eigenvalue weighted by atomic mass is 32.2. The van der Waals surface area contributed by atoms with Crippen LogP contribution in [0.25, 0.3) is 21.8 Å². The summed E-state index contributed by atoms with van der Waals surface area (Å²) in [6.45, 7) is 0.910. The van der Waals surface area contributed by atoms with Gasteiger partial charge in [0, 0.05) is 40.5 Å². The summed E-state index contributed by atoms with van der Waals surface area (Å²) in [5.41, 5.74) is 1.72. The molecule has 1 amide bonds. The predicted molar refractivity (Wildman–Crippen MR) is 109 cm³/mol. The van der Waals surface area contributed by atoms with Crippen LogP contribution < -0.4 is 10.6 Å². The van der Waals surface area contributed by atoms with Gasteiger partial charge in [0.05, 0.1) is 5.75 Å². The number of para-hydroxylation sites is 1. The first-order valence-corrected chi connectivity index (χ1v) is 10.9. The fraction of sp³-hybridized carbons (Fsp3) is 0.300. The van der Waals surface area contributed by atoms with Crippen LogP contribution in [0.1, 0.15) is 23.2 Å². The molecular formula is C20H21N3O4S. The molecule has 8 heteroatoms. The molecule has 2 heterocycles. The lowest BCUT2D eigenvalue weighted by Gasteiger charge is -2.32. The molecular weight excluding hydrogens is 378 g/mol. The molecule has 2 aromatic carbocycles. The zero-order valence-electron chi connectivity index (χ0n) is 15.2. The Morgan fingerprint density at radius 1 is 1.14 bits per heavy atom. The third-order valence-electron chi connectivity index (χ3n) is 5.23. The maximum absolute atomic E-state index is 13.0. The molecule has 1 fully saturated rings. The monoisotopic (exact) mass is 399 g/mol. The number of sulfonamides is 1. The van der Waals surface area contributed by atoms with Crippen molar-refractivity contribution < 1.29 is 13.2 Å². The lowest BCUT2D eigenvalue weighted by atomic mass is 9.99. The number of carbonyl (C=O) groups excluding carboxylic acids is 1. The first kappa shape index (κ1) is 18.6. The second-order valence-electron chi connectivity index (χ2n) is 7.35. The number of nitrogens with one attached hydrogen (secondary N) is 1. The summed E-state index contributed by atoms with van der Waals surface area (Å²) >= 11 is 0. The van der Waals surface area contributed by atoms with Crippen LogP contribution in [0.5, 0.6) is 0 Å². The minimum atomic E-state index is -3.58. The third kappa shape index (κ3) is 3.65. The fourth-order valence-corrected chi connectivity index (χ4v) is 4.88. The highest BCUT2D eigenvalue weighted by Gasteiger charge is 2.27. The summed E-state index contributed by atoms with van der Waals surface area (Å²) in [4.78, 5) is 30.7. The number of benzene rings is 2. The number of nitrogens with two attached hydrogens (primary N) is 1. The minimum Gasteiger partial charge on any atom is -0.354 e. The van der Waals surface area contributed by atoms with E-state index in [1.807, 2.05) is 12.1 Å². The number of primary sulfonamides is 1. The molecule has 1 aliphatic rings. The molecule has 3 N–H and O–H groups in total. The average molecular weight is 399 g/mol. The number of amides is 1. The van der Waals surface area contributed by atoms with Crippen LogP contribution in [0.4, 0.5) is 0 Å². The van der Waals surface area contributed by atoms with Gasteiger partial charge in [0.1, 0.15) is 0 Å². The summed E-state index contributed by atoms with van der Waals surface area (Å²) in [6, 6.07) is 12.3. The van der Waals surface area contributed by atoms with Gasteiger partial charge in [0.25, 0.3) is 5.91 Å². The molecule has 1 aliphatic heterocycles. The SMILES string of the molecule is NS(=O)(=O)CC1CCCN(C(=O)c2ccc3[nH]c4ccccc4c(=O)c3c2)C1. The number of hydrogen-bond acceptors (Lipinski definition) is 4. The molecule has 0 spiro atoms. The number of likely N-dealkylation sites (tertiary alicyclic amines) is 1. The van der Waals surface area contributed by atoms with Crippen molar-refractivity contribution in [1.29, 1.82) is 0 Å². The van der Waals surface area contributed by atoms with Gasteiger partial charge in [-0.2, -0.15) is 0 Å². The van der Waals surface area contributed by atoms with Gasteiger partial charge >= 0.3 is 0 Å². The van der Waals surface area contributed by atoms with E-state index in [2.05, 4.69) is 4.98 Å². The quantitative estimate of drug-likeness (QED) is 0.654. The molecule has 7 nitrogen and oxygen atoms in total. The van der Waals surface area contributed by atoms with Crippen molar-refractivity contribution in [2.45, 2.75) is 12.8 Å². The second-order valence-corrected chi connectivity index (χ2v) is 9.01. The summed E-state index contributed by atoms with van der Waals surface area (Å²) in [6.07, 6.45) is 1.45. The summed E-state index contributed by atoms with van der Waals surface area (Å²) in [5, 5.41) is 6.19. The molecule has 1 saturated heterocycles. The average Bonchev–Trinajstić information content (AvgIpc) is 2.66. The number of rotatable bonds is 3. The smallest absolute Gasteiger partial charge is 0.253 e. The number of carbonyl (C=O) groups is 1. The Labute approximate surface area is 162 Å². The van der Waals surface area contributed by atoms with Crippen LogP contribution in [0.3, 0.4) is 0 Å². The number of H-pyrrole nitrogens is 1. The number of aromatic nitrogens is 1.